The van der Waals surface area contributed by atoms with E-state index in [0.717, 1.165) is 5.01 Å². The van der Waals surface area contributed by atoms with E-state index in [9.17, 15) is 8.42 Å². The van der Waals surface area contributed by atoms with Gasteiger partial charge in [0.05, 0.1) is 15.5 Å². The second-order valence-electron chi connectivity index (χ2n) is 3.71. The molecule has 20 heavy (non-hydrogen) atoms. The number of aryl methyl sites for hydroxylation is 1. The molecule has 1 heterocycles. The number of hydrogen-bond donors (Lipinski definition) is 1. The van der Waals surface area contributed by atoms with E-state index in [1.54, 1.807) is 0 Å². The van der Waals surface area contributed by atoms with Gasteiger partial charge in [0.15, 0.2) is 0 Å². The Morgan fingerprint density at radius 1 is 1.45 bits per heavy atom. The number of nitrogens with one attached hydrogen (secondary N) is 1. The number of sulfonamides is 1. The molecule has 0 saturated carbocycles. The van der Waals surface area contributed by atoms with E-state index in [1.807, 2.05) is 13.0 Å². The fraction of sp³-hybridized carbons (Fsp3) is 0.182. The van der Waals surface area contributed by atoms with E-state index in [1.165, 1.54) is 29.5 Å². The summed E-state index contributed by atoms with van der Waals surface area (Å²) >= 11 is 6.99. The zero-order valence-corrected chi connectivity index (χ0v) is 12.7. The van der Waals surface area contributed by atoms with Crippen LogP contribution in [0.5, 0.6) is 0 Å². The molecule has 1 aromatic heterocycles. The van der Waals surface area contributed by atoms with E-state index >= 15 is 0 Å². The molecule has 0 bridgehead atoms. The minimum atomic E-state index is -3.79. The van der Waals surface area contributed by atoms with Crippen LogP contribution in [0.1, 0.15) is 17.5 Å². The van der Waals surface area contributed by atoms with Gasteiger partial charge < -0.3 is 0 Å². The molecular weight excluding hydrogens is 320 g/mol. The van der Waals surface area contributed by atoms with Crippen molar-refractivity contribution in [1.82, 2.24) is 10.2 Å². The van der Waals surface area contributed by atoms with Gasteiger partial charge in [-0.25, -0.2) is 8.42 Å². The van der Waals surface area contributed by atoms with Gasteiger partial charge in [0.2, 0.25) is 5.13 Å². The molecule has 0 radical (unpaired) electrons. The largest absolute Gasteiger partial charge is 0.263 e. The van der Waals surface area contributed by atoms with Crippen LogP contribution in [-0.2, 0) is 16.4 Å². The fourth-order valence-electron chi connectivity index (χ4n) is 1.37. The smallest absolute Gasteiger partial charge is 0.253 e. The van der Waals surface area contributed by atoms with Crippen LogP contribution >= 0.6 is 22.9 Å². The predicted octanol–water partition coefficient (Wildman–Crippen LogP) is 2.43. The van der Waals surface area contributed by atoms with Gasteiger partial charge >= 0.3 is 0 Å². The molecule has 0 aliphatic carbocycles. The normalized spacial score (nSPS) is 11.1. The second-order valence-corrected chi connectivity index (χ2v) is 6.87. The number of aromatic nitrogens is 2. The molecule has 0 aliphatic rings. The highest BCUT2D eigenvalue weighted by Crippen LogP contribution is 2.23. The van der Waals surface area contributed by atoms with Crippen LogP contribution in [0.2, 0.25) is 5.02 Å². The van der Waals surface area contributed by atoms with Gasteiger partial charge in [0.1, 0.15) is 11.1 Å². The van der Waals surface area contributed by atoms with Gasteiger partial charge in [-0.2, -0.15) is 5.26 Å². The summed E-state index contributed by atoms with van der Waals surface area (Å²) in [5, 5.41) is 17.4. The maximum absolute atomic E-state index is 12.1. The lowest BCUT2D eigenvalue weighted by Crippen LogP contribution is -2.12. The summed E-state index contributed by atoms with van der Waals surface area (Å²) in [5.74, 6) is 0. The predicted molar refractivity (Wildman–Crippen MR) is 76.3 cm³/mol. The first kappa shape index (κ1) is 14.7. The molecular formula is C11H9ClN4O2S2. The average molecular weight is 329 g/mol. The number of nitriles is 1. The molecule has 2 aromatic rings. The Hall–Kier alpha value is -1.69. The molecule has 0 saturated heterocycles. The zero-order chi connectivity index (χ0) is 14.8. The lowest BCUT2D eigenvalue weighted by Gasteiger charge is -2.05. The van der Waals surface area contributed by atoms with Crippen molar-refractivity contribution < 1.29 is 8.42 Å². The Kier molecular flexibility index (Phi) is 4.23. The summed E-state index contributed by atoms with van der Waals surface area (Å²) in [5.41, 5.74) is 0.217. The number of nitrogens with zero attached hydrogens (tertiary/aromatic N) is 3. The van der Waals surface area contributed by atoms with E-state index in [-0.39, 0.29) is 20.6 Å². The maximum Gasteiger partial charge on any atom is 0.263 e. The Morgan fingerprint density at radius 2 is 2.20 bits per heavy atom. The highest BCUT2D eigenvalue weighted by Gasteiger charge is 2.18. The fourth-order valence-corrected chi connectivity index (χ4v) is 3.59. The Morgan fingerprint density at radius 3 is 2.75 bits per heavy atom. The standard InChI is InChI=1S/C11H9ClN4O2S2/c1-2-10-14-15-11(19-10)16-20(17,18)8-4-3-7(6-13)9(12)5-8/h3-5H,2H2,1H3,(H,15,16). The number of anilines is 1. The minimum Gasteiger partial charge on any atom is -0.253 e. The van der Waals surface area contributed by atoms with Crippen LogP contribution in [0.4, 0.5) is 5.13 Å². The summed E-state index contributed by atoms with van der Waals surface area (Å²) in [4.78, 5) is -0.0326. The first-order valence-corrected chi connectivity index (χ1v) is 8.19. The number of benzene rings is 1. The van der Waals surface area contributed by atoms with E-state index < -0.39 is 10.0 Å². The molecule has 6 nitrogen and oxygen atoms in total. The molecule has 1 aromatic carbocycles. The number of halogens is 1. The molecule has 0 atom stereocenters. The summed E-state index contributed by atoms with van der Waals surface area (Å²) in [7, 11) is -3.79. The summed E-state index contributed by atoms with van der Waals surface area (Å²) in [6.07, 6.45) is 0.683. The third-order valence-corrected chi connectivity index (χ3v) is 5.12. The SMILES string of the molecule is CCc1nnc(NS(=O)(=O)c2ccc(C#N)c(Cl)c2)s1. The van der Waals surface area contributed by atoms with Crippen molar-refractivity contribution in [3.05, 3.63) is 33.8 Å². The van der Waals surface area contributed by atoms with Crippen molar-refractivity contribution in [2.45, 2.75) is 18.2 Å². The van der Waals surface area contributed by atoms with Gasteiger partial charge in [-0.3, -0.25) is 4.72 Å². The third-order valence-electron chi connectivity index (χ3n) is 2.36. The molecule has 1 N–H and O–H groups in total. The molecule has 0 fully saturated rings. The number of rotatable bonds is 4. The highest BCUT2D eigenvalue weighted by atomic mass is 35.5. The van der Waals surface area contributed by atoms with Crippen LogP contribution in [0.3, 0.4) is 0 Å². The maximum atomic E-state index is 12.1. The van der Waals surface area contributed by atoms with Crippen LogP contribution < -0.4 is 4.72 Å². The summed E-state index contributed by atoms with van der Waals surface area (Å²) < 4.78 is 26.6. The van der Waals surface area contributed by atoms with Gasteiger partial charge in [0.25, 0.3) is 10.0 Å². The molecule has 9 heteroatoms. The lowest BCUT2D eigenvalue weighted by molar-refractivity contribution is 0.601. The molecule has 0 unspecified atom stereocenters. The zero-order valence-electron chi connectivity index (χ0n) is 10.3. The topological polar surface area (TPSA) is 95.7 Å². The van der Waals surface area contributed by atoms with Gasteiger partial charge in [-0.05, 0) is 24.6 Å². The monoisotopic (exact) mass is 328 g/mol. The second kappa shape index (κ2) is 5.75. The van der Waals surface area contributed by atoms with Crippen molar-refractivity contribution in [2.75, 3.05) is 4.72 Å². The van der Waals surface area contributed by atoms with E-state index in [0.29, 0.717) is 6.42 Å². The Bertz CT molecular complexity index is 780. The molecule has 0 amide bonds. The van der Waals surface area contributed by atoms with Crippen molar-refractivity contribution in [3.8, 4) is 6.07 Å². The quantitative estimate of drug-likeness (QED) is 0.929. The van der Waals surface area contributed by atoms with Crippen LogP contribution in [-0.4, -0.2) is 18.6 Å². The van der Waals surface area contributed by atoms with E-state index in [4.69, 9.17) is 16.9 Å². The van der Waals surface area contributed by atoms with Gasteiger partial charge in [0, 0.05) is 0 Å². The van der Waals surface area contributed by atoms with E-state index in [2.05, 4.69) is 14.9 Å². The summed E-state index contributed by atoms with van der Waals surface area (Å²) in [6.45, 7) is 1.90. The van der Waals surface area contributed by atoms with Crippen LogP contribution in [0.25, 0.3) is 0 Å². The molecule has 0 spiro atoms. The third kappa shape index (κ3) is 3.07. The summed E-state index contributed by atoms with van der Waals surface area (Å²) in [6, 6.07) is 5.76. The van der Waals surface area contributed by atoms with Gasteiger partial charge in [-0.1, -0.05) is 29.9 Å². The van der Waals surface area contributed by atoms with Crippen LogP contribution in [0.15, 0.2) is 23.1 Å². The highest BCUT2D eigenvalue weighted by molar-refractivity contribution is 7.93. The van der Waals surface area contributed by atoms with Crippen molar-refractivity contribution in [1.29, 1.82) is 5.26 Å². The van der Waals surface area contributed by atoms with Crippen molar-refractivity contribution in [2.24, 2.45) is 0 Å². The van der Waals surface area contributed by atoms with Crippen molar-refractivity contribution in [3.63, 3.8) is 0 Å². The molecule has 104 valence electrons. The molecule has 2 rings (SSSR count). The Labute approximate surface area is 125 Å². The lowest BCUT2D eigenvalue weighted by atomic mass is 10.2. The van der Waals surface area contributed by atoms with Crippen molar-refractivity contribution >= 4 is 38.1 Å². The minimum absolute atomic E-state index is 0.0326. The first-order chi connectivity index (χ1) is 9.46. The van der Waals surface area contributed by atoms with Gasteiger partial charge in [-0.15, -0.1) is 10.2 Å². The molecule has 0 aliphatic heterocycles. The first-order valence-electron chi connectivity index (χ1n) is 5.51. The Balaban J connectivity index is 2.31. The van der Waals surface area contributed by atoms with Crippen LogP contribution in [0, 0.1) is 11.3 Å². The number of hydrogen-bond acceptors (Lipinski definition) is 6. The average Bonchev–Trinajstić information content (AvgIpc) is 2.85.